The first kappa shape index (κ1) is 7.59. The van der Waals surface area contributed by atoms with Crippen molar-refractivity contribution in [3.05, 3.63) is 33.1 Å². The van der Waals surface area contributed by atoms with E-state index in [-0.39, 0.29) is 0 Å². The molecule has 0 fully saturated rings. The van der Waals surface area contributed by atoms with Crippen LogP contribution in [0.15, 0.2) is 28.1 Å². The quantitative estimate of drug-likeness (QED) is 0.650. The van der Waals surface area contributed by atoms with Crippen LogP contribution in [0, 0.1) is 0 Å². The van der Waals surface area contributed by atoms with Crippen LogP contribution in [0.1, 0.15) is 0 Å². The van der Waals surface area contributed by atoms with E-state index in [1.54, 1.807) is 11.3 Å². The molecule has 3 heteroatoms. The predicted octanol–water partition coefficient (Wildman–Crippen LogP) is 4.32. The zero-order valence-electron chi connectivity index (χ0n) is 5.47. The summed E-state index contributed by atoms with van der Waals surface area (Å²) in [5, 5.41) is 4.08. The molecule has 0 saturated heterocycles. The molecule has 0 amide bonds. The summed E-state index contributed by atoms with van der Waals surface area (Å²) in [5.41, 5.74) is 0. The van der Waals surface area contributed by atoms with Crippen molar-refractivity contribution >= 4 is 49.0 Å². The number of benzene rings is 1. The Morgan fingerprint density at radius 1 is 1.36 bits per heavy atom. The van der Waals surface area contributed by atoms with E-state index >= 15 is 0 Å². The summed E-state index contributed by atoms with van der Waals surface area (Å²) in [6.45, 7) is 0. The predicted molar refractivity (Wildman–Crippen MR) is 54.5 cm³/mol. The van der Waals surface area contributed by atoms with Gasteiger partial charge in [-0.1, -0.05) is 11.6 Å². The Bertz CT molecular complexity index is 358. The lowest BCUT2D eigenvalue weighted by Gasteiger charge is -1.94. The number of thiophene rings is 1. The summed E-state index contributed by atoms with van der Waals surface area (Å²) in [6.07, 6.45) is 0. The number of halogens is 2. The summed E-state index contributed by atoms with van der Waals surface area (Å²) in [6, 6.07) is 6.10. The van der Waals surface area contributed by atoms with Gasteiger partial charge in [0, 0.05) is 9.17 Å². The molecule has 0 bridgehead atoms. The maximum atomic E-state index is 5.90. The average molecular weight is 248 g/mol. The molecule has 0 spiro atoms. The van der Waals surface area contributed by atoms with Gasteiger partial charge in [0.05, 0.1) is 5.02 Å². The Morgan fingerprint density at radius 3 is 3.00 bits per heavy atom. The molecule has 0 radical (unpaired) electrons. The molecule has 0 aliphatic carbocycles. The van der Waals surface area contributed by atoms with Gasteiger partial charge in [-0.25, -0.2) is 0 Å². The zero-order valence-corrected chi connectivity index (χ0v) is 8.63. The van der Waals surface area contributed by atoms with Crippen LogP contribution in [0.3, 0.4) is 0 Å². The Hall–Kier alpha value is -0.0500. The van der Waals surface area contributed by atoms with Crippen LogP contribution < -0.4 is 0 Å². The molecule has 56 valence electrons. The smallest absolute Gasteiger partial charge is 0.0562 e. The molecule has 1 aromatic heterocycles. The van der Waals surface area contributed by atoms with E-state index in [2.05, 4.69) is 27.4 Å². The number of fused-ring (bicyclic) bond motifs is 1. The molecular formula is C8H4BrClS. The lowest BCUT2D eigenvalue weighted by Crippen LogP contribution is -1.67. The van der Waals surface area contributed by atoms with Gasteiger partial charge in [-0.2, -0.15) is 0 Å². The first-order valence-electron chi connectivity index (χ1n) is 3.09. The summed E-state index contributed by atoms with van der Waals surface area (Å²) in [5.74, 6) is 0. The van der Waals surface area contributed by atoms with E-state index < -0.39 is 0 Å². The normalized spacial score (nSPS) is 10.7. The molecule has 0 atom stereocenters. The van der Waals surface area contributed by atoms with Crippen LogP contribution in [-0.4, -0.2) is 0 Å². The third-order valence-corrected chi connectivity index (χ3v) is 3.57. The van der Waals surface area contributed by atoms with Gasteiger partial charge < -0.3 is 0 Å². The van der Waals surface area contributed by atoms with Gasteiger partial charge in [0.2, 0.25) is 0 Å². The SMILES string of the molecule is Clc1cc2sccc2cc1Br. The van der Waals surface area contributed by atoms with Crippen molar-refractivity contribution in [2.24, 2.45) is 0 Å². The molecule has 2 aromatic rings. The summed E-state index contributed by atoms with van der Waals surface area (Å²) < 4.78 is 2.20. The molecule has 1 heterocycles. The second kappa shape index (κ2) is 2.77. The number of hydrogen-bond acceptors (Lipinski definition) is 1. The number of rotatable bonds is 0. The maximum absolute atomic E-state index is 5.90. The zero-order chi connectivity index (χ0) is 7.84. The topological polar surface area (TPSA) is 0 Å². The molecule has 0 N–H and O–H groups in total. The highest BCUT2D eigenvalue weighted by molar-refractivity contribution is 9.10. The monoisotopic (exact) mass is 246 g/mol. The molecule has 0 aliphatic heterocycles. The molecule has 2 rings (SSSR count). The second-order valence-corrected chi connectivity index (χ2v) is 4.43. The first-order valence-corrected chi connectivity index (χ1v) is 5.15. The highest BCUT2D eigenvalue weighted by atomic mass is 79.9. The minimum atomic E-state index is 0.778. The van der Waals surface area contributed by atoms with Gasteiger partial charge in [0.1, 0.15) is 0 Å². The average Bonchev–Trinajstić information content (AvgIpc) is 2.36. The minimum Gasteiger partial charge on any atom is -0.144 e. The van der Waals surface area contributed by atoms with Crippen LogP contribution in [0.2, 0.25) is 5.02 Å². The van der Waals surface area contributed by atoms with Crippen molar-refractivity contribution in [3.63, 3.8) is 0 Å². The molecule has 0 aliphatic rings. The van der Waals surface area contributed by atoms with E-state index in [1.807, 2.05) is 12.1 Å². The van der Waals surface area contributed by atoms with Crippen LogP contribution in [0.5, 0.6) is 0 Å². The van der Waals surface area contributed by atoms with Crippen LogP contribution in [0.4, 0.5) is 0 Å². The van der Waals surface area contributed by atoms with Gasteiger partial charge in [0.15, 0.2) is 0 Å². The Balaban J connectivity index is 2.86. The van der Waals surface area contributed by atoms with Crippen molar-refractivity contribution in [3.8, 4) is 0 Å². The van der Waals surface area contributed by atoms with Crippen LogP contribution in [-0.2, 0) is 0 Å². The van der Waals surface area contributed by atoms with E-state index in [0.29, 0.717) is 0 Å². The van der Waals surface area contributed by atoms with Crippen molar-refractivity contribution in [1.29, 1.82) is 0 Å². The summed E-state index contributed by atoms with van der Waals surface area (Å²) in [7, 11) is 0. The minimum absolute atomic E-state index is 0.778. The molecule has 1 aromatic carbocycles. The molecule has 11 heavy (non-hydrogen) atoms. The Labute approximate surface area is 81.9 Å². The van der Waals surface area contributed by atoms with Gasteiger partial charge in [-0.3, -0.25) is 0 Å². The molecule has 0 unspecified atom stereocenters. The largest absolute Gasteiger partial charge is 0.144 e. The van der Waals surface area contributed by atoms with Crippen molar-refractivity contribution < 1.29 is 0 Å². The fourth-order valence-electron chi connectivity index (χ4n) is 0.957. The van der Waals surface area contributed by atoms with Gasteiger partial charge >= 0.3 is 0 Å². The van der Waals surface area contributed by atoms with E-state index in [4.69, 9.17) is 11.6 Å². The fraction of sp³-hybridized carbons (Fsp3) is 0. The van der Waals surface area contributed by atoms with Crippen LogP contribution in [0.25, 0.3) is 10.1 Å². The third-order valence-electron chi connectivity index (χ3n) is 1.50. The lowest BCUT2D eigenvalue weighted by atomic mass is 10.3. The van der Waals surface area contributed by atoms with Crippen LogP contribution >= 0.6 is 38.9 Å². The Kier molecular flexibility index (Phi) is 1.91. The van der Waals surface area contributed by atoms with E-state index in [1.165, 1.54) is 10.1 Å². The highest BCUT2D eigenvalue weighted by Crippen LogP contribution is 2.30. The van der Waals surface area contributed by atoms with E-state index in [9.17, 15) is 0 Å². The molecule has 0 saturated carbocycles. The lowest BCUT2D eigenvalue weighted by molar-refractivity contribution is 1.76. The van der Waals surface area contributed by atoms with Gasteiger partial charge in [0.25, 0.3) is 0 Å². The molecular weight excluding hydrogens is 244 g/mol. The second-order valence-electron chi connectivity index (χ2n) is 2.22. The standard InChI is InChI=1S/C8H4BrClS/c9-6-3-5-1-2-11-8(5)4-7(6)10/h1-4H. The van der Waals surface area contributed by atoms with Gasteiger partial charge in [-0.15, -0.1) is 11.3 Å². The van der Waals surface area contributed by atoms with Gasteiger partial charge in [-0.05, 0) is 44.9 Å². The van der Waals surface area contributed by atoms with Crippen molar-refractivity contribution in [2.75, 3.05) is 0 Å². The third kappa shape index (κ3) is 1.31. The number of hydrogen-bond donors (Lipinski definition) is 0. The maximum Gasteiger partial charge on any atom is 0.0562 e. The molecule has 0 nitrogen and oxygen atoms in total. The van der Waals surface area contributed by atoms with E-state index in [0.717, 1.165) is 9.50 Å². The first-order chi connectivity index (χ1) is 5.27. The summed E-state index contributed by atoms with van der Waals surface area (Å²) >= 11 is 11.0. The fourth-order valence-corrected chi connectivity index (χ4v) is 2.36. The highest BCUT2D eigenvalue weighted by Gasteiger charge is 1.99. The summed E-state index contributed by atoms with van der Waals surface area (Å²) in [4.78, 5) is 0. The Morgan fingerprint density at radius 2 is 2.18 bits per heavy atom. The van der Waals surface area contributed by atoms with Crippen molar-refractivity contribution in [2.45, 2.75) is 0 Å². The van der Waals surface area contributed by atoms with Crippen molar-refractivity contribution in [1.82, 2.24) is 0 Å².